The Labute approximate surface area is 233 Å². The fourth-order valence-electron chi connectivity index (χ4n) is 5.56. The third kappa shape index (κ3) is 5.37. The number of hydrogen-bond acceptors (Lipinski definition) is 8. The number of fused-ring (bicyclic) bond motifs is 1. The maximum absolute atomic E-state index is 12.4. The van der Waals surface area contributed by atoms with Crippen LogP contribution in [0.2, 0.25) is 0 Å². The van der Waals surface area contributed by atoms with Crippen molar-refractivity contribution in [3.05, 3.63) is 60.4 Å². The van der Waals surface area contributed by atoms with Crippen molar-refractivity contribution in [1.29, 1.82) is 0 Å². The summed E-state index contributed by atoms with van der Waals surface area (Å²) in [6, 6.07) is 14.5. The van der Waals surface area contributed by atoms with Crippen LogP contribution in [0.4, 0.5) is 17.6 Å². The molecule has 2 N–H and O–H groups in total. The topological polar surface area (TPSA) is 103 Å². The third-order valence-corrected chi connectivity index (χ3v) is 8.03. The Hall–Kier alpha value is -4.02. The van der Waals surface area contributed by atoms with Crippen LogP contribution in [-0.4, -0.2) is 88.1 Å². The molecule has 0 unspecified atom stereocenters. The van der Waals surface area contributed by atoms with Crippen molar-refractivity contribution in [1.82, 2.24) is 29.7 Å². The summed E-state index contributed by atoms with van der Waals surface area (Å²) in [5, 5.41) is 3.42. The lowest BCUT2D eigenvalue weighted by atomic mass is 10.1. The molecule has 206 valence electrons. The molecule has 1 aliphatic carbocycles. The first-order chi connectivity index (χ1) is 19.7. The number of H-pyrrole nitrogens is 1. The van der Waals surface area contributed by atoms with E-state index in [4.69, 9.17) is 9.72 Å². The molecule has 10 nitrogen and oxygen atoms in total. The summed E-state index contributed by atoms with van der Waals surface area (Å²) in [4.78, 5) is 36.5. The van der Waals surface area contributed by atoms with Gasteiger partial charge in [-0.2, -0.15) is 0 Å². The van der Waals surface area contributed by atoms with E-state index in [-0.39, 0.29) is 5.92 Å². The SMILES string of the molecule is O=C(C1CC1)N1CCN(Cc2cccnc2Nc2nc3ccc(-c4ccnc(N5CCOCC5)c4)cc3[nH]2)CC1. The predicted molar refractivity (Wildman–Crippen MR) is 154 cm³/mol. The highest BCUT2D eigenvalue weighted by Crippen LogP contribution is 2.32. The summed E-state index contributed by atoms with van der Waals surface area (Å²) in [5.41, 5.74) is 5.19. The van der Waals surface area contributed by atoms with E-state index in [1.54, 1.807) is 6.20 Å². The van der Waals surface area contributed by atoms with Crippen LogP contribution in [0.1, 0.15) is 18.4 Å². The van der Waals surface area contributed by atoms with Gasteiger partial charge in [0.05, 0.1) is 24.2 Å². The number of rotatable bonds is 7. The minimum absolute atomic E-state index is 0.290. The van der Waals surface area contributed by atoms with Crippen molar-refractivity contribution in [3.63, 3.8) is 0 Å². The number of morpholine rings is 1. The second kappa shape index (κ2) is 10.9. The van der Waals surface area contributed by atoms with Gasteiger partial charge in [0.15, 0.2) is 0 Å². The van der Waals surface area contributed by atoms with E-state index < -0.39 is 0 Å². The Bertz CT molecular complexity index is 1500. The van der Waals surface area contributed by atoms with E-state index in [0.717, 1.165) is 111 Å². The zero-order valence-corrected chi connectivity index (χ0v) is 22.6. The van der Waals surface area contributed by atoms with Crippen LogP contribution in [0.25, 0.3) is 22.2 Å². The average Bonchev–Trinajstić information content (AvgIpc) is 3.78. The van der Waals surface area contributed by atoms with E-state index >= 15 is 0 Å². The molecular weight excluding hydrogens is 504 g/mol. The molecule has 5 heterocycles. The van der Waals surface area contributed by atoms with Crippen molar-refractivity contribution in [3.8, 4) is 11.1 Å². The van der Waals surface area contributed by atoms with E-state index in [1.807, 2.05) is 29.3 Å². The first-order valence-electron chi connectivity index (χ1n) is 14.2. The molecule has 3 fully saturated rings. The number of hydrogen-bond donors (Lipinski definition) is 2. The Morgan fingerprint density at radius 1 is 0.950 bits per heavy atom. The number of amides is 1. The molecule has 1 amide bonds. The fourth-order valence-corrected chi connectivity index (χ4v) is 5.56. The van der Waals surface area contributed by atoms with Crippen molar-refractivity contribution in [2.45, 2.75) is 19.4 Å². The molecule has 3 aliphatic rings. The average molecular weight is 539 g/mol. The number of nitrogens with one attached hydrogen (secondary N) is 2. The quantitative estimate of drug-likeness (QED) is 0.368. The van der Waals surface area contributed by atoms with Gasteiger partial charge in [-0.15, -0.1) is 0 Å². The molecule has 4 aromatic rings. The standard InChI is InChI=1S/C30H34N8O2/c39-29(21-3-4-21)38-12-10-36(11-13-38)20-24-2-1-8-32-28(24)35-30-33-25-6-5-22(18-26(25)34-30)23-7-9-31-27(19-23)37-14-16-40-17-15-37/h1-2,5-9,18-19,21H,3-4,10-17,20H2,(H2,32,33,34,35). The minimum atomic E-state index is 0.290. The number of aromatic amines is 1. The molecule has 2 aliphatic heterocycles. The van der Waals surface area contributed by atoms with Crippen LogP contribution in [0.3, 0.4) is 0 Å². The van der Waals surface area contributed by atoms with E-state index in [0.29, 0.717) is 11.9 Å². The van der Waals surface area contributed by atoms with Gasteiger partial charge in [0.25, 0.3) is 0 Å². The summed E-state index contributed by atoms with van der Waals surface area (Å²) in [6.07, 6.45) is 5.80. The van der Waals surface area contributed by atoms with Gasteiger partial charge in [0.1, 0.15) is 11.6 Å². The highest BCUT2D eigenvalue weighted by molar-refractivity contribution is 5.84. The number of nitrogens with zero attached hydrogens (tertiary/aromatic N) is 6. The van der Waals surface area contributed by atoms with Gasteiger partial charge in [0.2, 0.25) is 11.9 Å². The van der Waals surface area contributed by atoms with Crippen LogP contribution >= 0.6 is 0 Å². The summed E-state index contributed by atoms with van der Waals surface area (Å²) >= 11 is 0. The smallest absolute Gasteiger partial charge is 0.225 e. The van der Waals surface area contributed by atoms with Gasteiger partial charge in [-0.25, -0.2) is 15.0 Å². The number of anilines is 3. The second-order valence-electron chi connectivity index (χ2n) is 10.8. The molecule has 2 saturated heterocycles. The van der Waals surface area contributed by atoms with Gasteiger partial charge in [-0.3, -0.25) is 9.69 Å². The maximum Gasteiger partial charge on any atom is 0.225 e. The number of piperazine rings is 1. The van der Waals surface area contributed by atoms with E-state index in [9.17, 15) is 4.79 Å². The fraction of sp³-hybridized carbons (Fsp3) is 0.400. The monoisotopic (exact) mass is 538 g/mol. The summed E-state index contributed by atoms with van der Waals surface area (Å²) < 4.78 is 5.49. The van der Waals surface area contributed by atoms with E-state index in [1.165, 1.54) is 0 Å². The van der Waals surface area contributed by atoms with E-state index in [2.05, 4.69) is 54.3 Å². The first kappa shape index (κ1) is 25.0. The molecule has 0 bridgehead atoms. The first-order valence-corrected chi connectivity index (χ1v) is 14.2. The molecular formula is C30H34N8O2. The second-order valence-corrected chi connectivity index (χ2v) is 10.8. The van der Waals surface area contributed by atoms with Crippen molar-refractivity contribution < 1.29 is 9.53 Å². The highest BCUT2D eigenvalue weighted by Gasteiger charge is 2.34. The molecule has 1 aromatic carbocycles. The molecule has 0 radical (unpaired) electrons. The lowest BCUT2D eigenvalue weighted by Crippen LogP contribution is -2.48. The zero-order chi connectivity index (χ0) is 26.9. The highest BCUT2D eigenvalue weighted by atomic mass is 16.5. The molecule has 0 atom stereocenters. The third-order valence-electron chi connectivity index (χ3n) is 8.03. The number of carbonyl (C=O) groups excluding carboxylic acids is 1. The largest absolute Gasteiger partial charge is 0.378 e. The van der Waals surface area contributed by atoms with Gasteiger partial charge in [0, 0.05) is 69.7 Å². The maximum atomic E-state index is 12.4. The van der Waals surface area contributed by atoms with Crippen molar-refractivity contribution >= 4 is 34.5 Å². The molecule has 7 rings (SSSR count). The Morgan fingerprint density at radius 3 is 2.60 bits per heavy atom. The number of benzene rings is 1. The van der Waals surface area contributed by atoms with Gasteiger partial charge in [-0.1, -0.05) is 12.1 Å². The van der Waals surface area contributed by atoms with Crippen LogP contribution < -0.4 is 10.2 Å². The predicted octanol–water partition coefficient (Wildman–Crippen LogP) is 3.65. The van der Waals surface area contributed by atoms with Crippen molar-refractivity contribution in [2.24, 2.45) is 5.92 Å². The van der Waals surface area contributed by atoms with Crippen LogP contribution in [0, 0.1) is 5.92 Å². The summed E-state index contributed by atoms with van der Waals surface area (Å²) in [6.45, 7) is 7.32. The van der Waals surface area contributed by atoms with Crippen molar-refractivity contribution in [2.75, 3.05) is 62.7 Å². The minimum Gasteiger partial charge on any atom is -0.378 e. The molecule has 10 heteroatoms. The number of carbonyl (C=O) groups is 1. The molecule has 0 spiro atoms. The Morgan fingerprint density at radius 2 is 1.77 bits per heavy atom. The lowest BCUT2D eigenvalue weighted by Gasteiger charge is -2.35. The summed E-state index contributed by atoms with van der Waals surface area (Å²) in [7, 11) is 0. The van der Waals surface area contributed by atoms with Crippen LogP contribution in [-0.2, 0) is 16.1 Å². The number of aromatic nitrogens is 4. The molecule has 40 heavy (non-hydrogen) atoms. The van der Waals surface area contributed by atoms with Gasteiger partial charge >= 0.3 is 0 Å². The van der Waals surface area contributed by atoms with Gasteiger partial charge < -0.3 is 24.8 Å². The van der Waals surface area contributed by atoms with Crippen LogP contribution in [0.15, 0.2) is 54.9 Å². The Balaban J connectivity index is 1.04. The number of ether oxygens (including phenoxy) is 1. The normalized spacial score (nSPS) is 18.3. The zero-order valence-electron chi connectivity index (χ0n) is 22.6. The van der Waals surface area contributed by atoms with Crippen LogP contribution in [0.5, 0.6) is 0 Å². The number of imidazole rings is 1. The molecule has 1 saturated carbocycles. The van der Waals surface area contributed by atoms with Gasteiger partial charge in [-0.05, 0) is 54.3 Å². The lowest BCUT2D eigenvalue weighted by molar-refractivity contribution is -0.134. The molecule has 3 aromatic heterocycles. The Kier molecular flexibility index (Phi) is 6.78. The summed E-state index contributed by atoms with van der Waals surface area (Å²) in [5.74, 6) is 3.07. The number of pyridine rings is 2.